The van der Waals surface area contributed by atoms with E-state index in [1.807, 2.05) is 0 Å². The topological polar surface area (TPSA) is 113 Å². The molecule has 13 heteroatoms. The molecule has 0 saturated heterocycles. The first kappa shape index (κ1) is 27.2. The van der Waals surface area contributed by atoms with Gasteiger partial charge in [-0.15, -0.1) is 0 Å². The van der Waals surface area contributed by atoms with Crippen molar-refractivity contribution in [2.45, 2.75) is 46.1 Å². The average molecular weight is 503 g/mol. The molecule has 0 unspecified atom stereocenters. The van der Waals surface area contributed by atoms with Crippen molar-refractivity contribution in [2.75, 3.05) is 18.6 Å². The summed E-state index contributed by atoms with van der Waals surface area (Å²) in [6.07, 6.45) is 0.664. The molecule has 0 spiro atoms. The number of pyridine rings is 2. The van der Waals surface area contributed by atoms with Gasteiger partial charge in [0.25, 0.3) is 11.5 Å². The van der Waals surface area contributed by atoms with Crippen LogP contribution in [-0.4, -0.2) is 40.4 Å². The molecule has 0 radical (unpaired) electrons. The van der Waals surface area contributed by atoms with Crippen LogP contribution in [0.4, 0.5) is 19.3 Å². The van der Waals surface area contributed by atoms with Crippen LogP contribution in [-0.2, 0) is 16.0 Å². The van der Waals surface area contributed by atoms with Crippen LogP contribution in [0.1, 0.15) is 34.6 Å². The number of carbonyl (C=O) groups excluding carboxylic acids is 1. The molecule has 0 aliphatic heterocycles. The van der Waals surface area contributed by atoms with Gasteiger partial charge in [-0.05, 0) is 39.8 Å². The number of amides is 1. The van der Waals surface area contributed by atoms with Crippen LogP contribution in [0.2, 0.25) is 0 Å². The van der Waals surface area contributed by atoms with Crippen LogP contribution < -0.4 is 25.3 Å². The summed E-state index contributed by atoms with van der Waals surface area (Å²) in [6.45, 7) is 7.16. The molecule has 2 aromatic heterocycles. The number of ether oxygens (including phenoxy) is 2. The Labute approximate surface area is 200 Å². The molecule has 0 aliphatic rings. The zero-order valence-electron chi connectivity index (χ0n) is 19.7. The van der Waals surface area contributed by atoms with Crippen molar-refractivity contribution in [3.05, 3.63) is 34.7 Å². The van der Waals surface area contributed by atoms with Crippen molar-refractivity contribution < 1.29 is 31.4 Å². The van der Waals surface area contributed by atoms with Gasteiger partial charge in [-0.3, -0.25) is 19.0 Å². The van der Waals surface area contributed by atoms with Crippen molar-refractivity contribution in [3.8, 4) is 22.9 Å². The van der Waals surface area contributed by atoms with Crippen LogP contribution in [0.15, 0.2) is 29.2 Å². The van der Waals surface area contributed by atoms with Gasteiger partial charge in [-0.2, -0.15) is 0 Å². The van der Waals surface area contributed by atoms with Gasteiger partial charge in [-0.1, -0.05) is 0 Å². The minimum Gasteiger partial charge on any atom is -0.472 e. The quantitative estimate of drug-likeness (QED) is 0.279. The smallest absolute Gasteiger partial charge is 0.426 e. The number of hydrogen-bond donors (Lipinski definition) is 2. The molecule has 0 fully saturated rings. The van der Waals surface area contributed by atoms with Gasteiger partial charge in [0.2, 0.25) is 12.3 Å². The lowest BCUT2D eigenvalue weighted by Gasteiger charge is -2.20. The summed E-state index contributed by atoms with van der Waals surface area (Å²) in [5.41, 5.74) is 4.45. The van der Waals surface area contributed by atoms with E-state index in [1.165, 1.54) is 31.4 Å². The number of hydrogen-bond acceptors (Lipinski definition) is 9. The Morgan fingerprint density at radius 3 is 2.56 bits per heavy atom. The summed E-state index contributed by atoms with van der Waals surface area (Å²) >= 11 is 0.684. The van der Waals surface area contributed by atoms with Gasteiger partial charge in [0.15, 0.2) is 18.2 Å². The maximum atomic E-state index is 13.1. The maximum absolute atomic E-state index is 13.1. The molecule has 10 nitrogen and oxygen atoms in total. The highest BCUT2D eigenvalue weighted by molar-refractivity contribution is 7.90. The summed E-state index contributed by atoms with van der Waals surface area (Å²) in [4.78, 5) is 29.0. The Kier molecular flexibility index (Phi) is 9.10. The van der Waals surface area contributed by atoms with E-state index in [0.29, 0.717) is 24.6 Å². The standard InChI is InChI=1S/C21H28F2N4O6S/c1-7-31-34-33-15-10-13(25-26-19(29)32-20(2,3)4)11-24-17(15)14-8-9-16(27(6)18(14)28)30-12-21(5,22)23/h8-11,25H,7,12H2,1-6H3,(H,26,29). The van der Waals surface area contributed by atoms with Crippen LogP contribution in [0.5, 0.6) is 11.6 Å². The Morgan fingerprint density at radius 1 is 1.24 bits per heavy atom. The van der Waals surface area contributed by atoms with Gasteiger partial charge in [0.05, 0.1) is 24.1 Å². The lowest BCUT2D eigenvalue weighted by molar-refractivity contribution is -0.0252. The third-order valence-corrected chi connectivity index (χ3v) is 4.42. The van der Waals surface area contributed by atoms with Crippen LogP contribution >= 0.6 is 12.3 Å². The molecule has 2 rings (SSSR count). The molecule has 34 heavy (non-hydrogen) atoms. The minimum atomic E-state index is -3.05. The zero-order chi connectivity index (χ0) is 25.5. The van der Waals surface area contributed by atoms with E-state index in [4.69, 9.17) is 17.8 Å². The third kappa shape index (κ3) is 8.37. The minimum absolute atomic E-state index is 0.0266. The molecule has 2 N–H and O–H groups in total. The lowest BCUT2D eigenvalue weighted by atomic mass is 10.1. The fourth-order valence-electron chi connectivity index (χ4n) is 2.46. The second-order valence-electron chi connectivity index (χ2n) is 8.19. The van der Waals surface area contributed by atoms with E-state index in [0.717, 1.165) is 11.5 Å². The van der Waals surface area contributed by atoms with E-state index >= 15 is 0 Å². The highest BCUT2D eigenvalue weighted by Gasteiger charge is 2.23. The summed E-state index contributed by atoms with van der Waals surface area (Å²) in [5.74, 6) is -2.93. The molecular formula is C21H28F2N4O6S. The third-order valence-electron chi connectivity index (χ3n) is 3.84. The first-order chi connectivity index (χ1) is 15.8. The Hall–Kier alpha value is -3.06. The second-order valence-corrected chi connectivity index (χ2v) is 8.73. The summed E-state index contributed by atoms with van der Waals surface area (Å²) in [5, 5.41) is 0. The molecule has 2 aromatic rings. The summed E-state index contributed by atoms with van der Waals surface area (Å²) in [7, 11) is 1.39. The second kappa shape index (κ2) is 11.4. The van der Waals surface area contributed by atoms with Crippen molar-refractivity contribution in [3.63, 3.8) is 0 Å². The molecule has 2 heterocycles. The molecule has 0 bridgehead atoms. The number of alkyl halides is 2. The van der Waals surface area contributed by atoms with E-state index < -0.39 is 29.8 Å². The summed E-state index contributed by atoms with van der Waals surface area (Å²) < 4.78 is 48.2. The first-order valence-electron chi connectivity index (χ1n) is 10.2. The van der Waals surface area contributed by atoms with Gasteiger partial charge in [-0.25, -0.2) is 24.0 Å². The number of anilines is 1. The monoisotopic (exact) mass is 502 g/mol. The molecule has 1 amide bonds. The predicted octanol–water partition coefficient (Wildman–Crippen LogP) is 4.31. The number of rotatable bonds is 10. The van der Waals surface area contributed by atoms with Crippen molar-refractivity contribution in [1.82, 2.24) is 15.0 Å². The van der Waals surface area contributed by atoms with Gasteiger partial charge in [0.1, 0.15) is 11.3 Å². The van der Waals surface area contributed by atoms with Crippen molar-refractivity contribution in [1.29, 1.82) is 0 Å². The molecule has 0 aliphatic carbocycles. The fourth-order valence-corrected chi connectivity index (χ4v) is 2.80. The molecular weight excluding hydrogens is 474 g/mol. The Morgan fingerprint density at radius 2 is 1.94 bits per heavy atom. The normalized spacial score (nSPS) is 11.6. The van der Waals surface area contributed by atoms with E-state index in [1.54, 1.807) is 27.7 Å². The average Bonchev–Trinajstić information content (AvgIpc) is 2.72. The molecule has 188 valence electrons. The highest BCUT2D eigenvalue weighted by Crippen LogP contribution is 2.31. The molecule has 0 saturated carbocycles. The van der Waals surface area contributed by atoms with Gasteiger partial charge >= 0.3 is 6.09 Å². The number of halogens is 2. The number of nitrogens with zero attached hydrogens (tertiary/aromatic N) is 2. The van der Waals surface area contributed by atoms with Crippen LogP contribution in [0.3, 0.4) is 0 Å². The highest BCUT2D eigenvalue weighted by atomic mass is 32.2. The van der Waals surface area contributed by atoms with Crippen LogP contribution in [0.25, 0.3) is 11.3 Å². The van der Waals surface area contributed by atoms with Crippen molar-refractivity contribution >= 4 is 24.1 Å². The predicted molar refractivity (Wildman–Crippen MR) is 124 cm³/mol. The number of carbonyl (C=O) groups is 1. The lowest BCUT2D eigenvalue weighted by Crippen LogP contribution is -2.35. The molecule has 0 aromatic carbocycles. The zero-order valence-corrected chi connectivity index (χ0v) is 20.5. The van der Waals surface area contributed by atoms with E-state index in [2.05, 4.69) is 15.8 Å². The maximum Gasteiger partial charge on any atom is 0.426 e. The molecule has 0 atom stereocenters. The number of hydrazine groups is 1. The first-order valence-corrected chi connectivity index (χ1v) is 10.9. The van der Waals surface area contributed by atoms with E-state index in [9.17, 15) is 18.4 Å². The van der Waals surface area contributed by atoms with E-state index in [-0.39, 0.29) is 22.9 Å². The Bertz CT molecular complexity index is 1050. The van der Waals surface area contributed by atoms with Gasteiger partial charge < -0.3 is 13.7 Å². The van der Waals surface area contributed by atoms with Gasteiger partial charge in [0, 0.05) is 20.0 Å². The largest absolute Gasteiger partial charge is 0.472 e. The van der Waals surface area contributed by atoms with Crippen LogP contribution in [0, 0.1) is 0 Å². The van der Waals surface area contributed by atoms with Crippen molar-refractivity contribution in [2.24, 2.45) is 7.05 Å². The number of nitrogens with one attached hydrogen (secondary N) is 2. The number of aromatic nitrogens is 2. The fraction of sp³-hybridized carbons (Fsp3) is 0.476. The summed E-state index contributed by atoms with van der Waals surface area (Å²) in [6, 6.07) is 4.28. The SMILES string of the molecule is CCOSOc1cc(NNC(=O)OC(C)(C)C)cnc1-c1ccc(OCC(C)(F)F)n(C)c1=O. The Balaban J connectivity index is 2.32.